The Morgan fingerprint density at radius 1 is 1.33 bits per heavy atom. The van der Waals surface area contributed by atoms with Crippen molar-refractivity contribution in [2.45, 2.75) is 6.54 Å². The fourth-order valence-corrected chi connectivity index (χ4v) is 2.07. The molecule has 1 saturated heterocycles. The molecule has 0 bridgehead atoms. The van der Waals surface area contributed by atoms with Gasteiger partial charge in [0.05, 0.1) is 13.2 Å². The Balaban J connectivity index is 1.91. The van der Waals surface area contributed by atoms with Gasteiger partial charge < -0.3 is 20.2 Å². The van der Waals surface area contributed by atoms with Gasteiger partial charge in [-0.15, -0.1) is 0 Å². The number of β-amino-alcohol motifs (C(OH)–C–C–N with tert-alkyl or cyclic N) is 1. The van der Waals surface area contributed by atoms with E-state index in [1.807, 2.05) is 0 Å². The molecule has 3 N–H and O–H groups in total. The number of piperazine rings is 1. The van der Waals surface area contributed by atoms with Gasteiger partial charge in [0.1, 0.15) is 5.76 Å². The highest BCUT2D eigenvalue weighted by molar-refractivity contribution is 5.91. The number of nitrogens with zero attached hydrogens (tertiary/aromatic N) is 2. The van der Waals surface area contributed by atoms with Crippen LogP contribution in [0.2, 0.25) is 0 Å². The number of hydrogen-bond acceptors (Lipinski definition) is 5. The predicted octanol–water partition coefficient (Wildman–Crippen LogP) is -0.512. The van der Waals surface area contributed by atoms with Gasteiger partial charge in [0.2, 0.25) is 0 Å². The number of hydrogen-bond donors (Lipinski definition) is 2. The van der Waals surface area contributed by atoms with Crippen molar-refractivity contribution in [3.63, 3.8) is 0 Å². The van der Waals surface area contributed by atoms with Crippen molar-refractivity contribution in [3.8, 4) is 0 Å². The van der Waals surface area contributed by atoms with Crippen molar-refractivity contribution >= 4 is 5.91 Å². The maximum atomic E-state index is 12.1. The standard InChI is InChI=1S/C12H19N3O3/c13-9-10-1-2-11(18-10)12(17)15-5-3-14(4-6-15)7-8-16/h1-2,16H,3-9,13H2. The summed E-state index contributed by atoms with van der Waals surface area (Å²) >= 11 is 0. The van der Waals surface area contributed by atoms with Gasteiger partial charge >= 0.3 is 0 Å². The van der Waals surface area contributed by atoms with E-state index < -0.39 is 0 Å². The topological polar surface area (TPSA) is 82.9 Å². The number of aliphatic hydroxyl groups excluding tert-OH is 1. The number of aliphatic hydroxyl groups is 1. The second-order valence-corrected chi connectivity index (χ2v) is 4.33. The van der Waals surface area contributed by atoms with Crippen LogP contribution in [-0.2, 0) is 6.54 Å². The summed E-state index contributed by atoms with van der Waals surface area (Å²) in [5, 5.41) is 8.85. The summed E-state index contributed by atoms with van der Waals surface area (Å²) in [6, 6.07) is 3.40. The summed E-state index contributed by atoms with van der Waals surface area (Å²) in [4.78, 5) is 16.0. The minimum absolute atomic E-state index is 0.0849. The molecule has 18 heavy (non-hydrogen) atoms. The van der Waals surface area contributed by atoms with E-state index in [1.165, 1.54) is 0 Å². The summed E-state index contributed by atoms with van der Waals surface area (Å²) in [5.41, 5.74) is 5.44. The summed E-state index contributed by atoms with van der Waals surface area (Å²) in [5.74, 6) is 0.890. The lowest BCUT2D eigenvalue weighted by Gasteiger charge is -2.33. The number of furan rings is 1. The molecule has 100 valence electrons. The Labute approximate surface area is 106 Å². The first-order valence-corrected chi connectivity index (χ1v) is 6.16. The molecule has 0 saturated carbocycles. The minimum atomic E-state index is -0.0849. The molecule has 6 heteroatoms. The largest absolute Gasteiger partial charge is 0.455 e. The molecule has 0 spiro atoms. The van der Waals surface area contributed by atoms with Crippen LogP contribution in [0.5, 0.6) is 0 Å². The van der Waals surface area contributed by atoms with E-state index in [1.54, 1.807) is 17.0 Å². The van der Waals surface area contributed by atoms with Gasteiger partial charge in [-0.25, -0.2) is 0 Å². The number of amides is 1. The van der Waals surface area contributed by atoms with E-state index in [9.17, 15) is 4.79 Å². The number of rotatable bonds is 4. The highest BCUT2D eigenvalue weighted by atomic mass is 16.4. The third kappa shape index (κ3) is 2.90. The fraction of sp³-hybridized carbons (Fsp3) is 0.583. The van der Waals surface area contributed by atoms with Crippen molar-refractivity contribution in [1.29, 1.82) is 0 Å². The zero-order valence-corrected chi connectivity index (χ0v) is 10.3. The lowest BCUT2D eigenvalue weighted by Crippen LogP contribution is -2.49. The molecule has 0 aliphatic carbocycles. The van der Waals surface area contributed by atoms with Gasteiger partial charge in [0.15, 0.2) is 5.76 Å². The van der Waals surface area contributed by atoms with Gasteiger partial charge in [0.25, 0.3) is 5.91 Å². The Bertz CT molecular complexity index is 397. The summed E-state index contributed by atoms with van der Waals surface area (Å²) < 4.78 is 5.35. The van der Waals surface area contributed by atoms with Crippen molar-refractivity contribution in [3.05, 3.63) is 23.7 Å². The van der Waals surface area contributed by atoms with E-state index in [4.69, 9.17) is 15.3 Å². The molecule has 1 aliphatic rings. The molecule has 2 heterocycles. The lowest BCUT2D eigenvalue weighted by atomic mass is 10.3. The van der Waals surface area contributed by atoms with Crippen molar-refractivity contribution in [2.75, 3.05) is 39.3 Å². The van der Waals surface area contributed by atoms with E-state index in [2.05, 4.69) is 4.90 Å². The average molecular weight is 253 g/mol. The van der Waals surface area contributed by atoms with Crippen LogP contribution in [0.1, 0.15) is 16.3 Å². The second kappa shape index (κ2) is 5.99. The quantitative estimate of drug-likeness (QED) is 0.755. The van der Waals surface area contributed by atoms with E-state index in [-0.39, 0.29) is 12.5 Å². The molecule has 1 fully saturated rings. The third-order valence-electron chi connectivity index (χ3n) is 3.15. The zero-order chi connectivity index (χ0) is 13.0. The molecule has 0 radical (unpaired) electrons. The molecular weight excluding hydrogens is 234 g/mol. The molecular formula is C12H19N3O3. The number of carbonyl (C=O) groups excluding carboxylic acids is 1. The first kappa shape index (κ1) is 13.1. The summed E-state index contributed by atoms with van der Waals surface area (Å²) in [7, 11) is 0. The third-order valence-corrected chi connectivity index (χ3v) is 3.15. The maximum Gasteiger partial charge on any atom is 0.289 e. The van der Waals surface area contributed by atoms with Crippen molar-refractivity contribution < 1.29 is 14.3 Å². The van der Waals surface area contributed by atoms with Gasteiger partial charge in [-0.3, -0.25) is 9.69 Å². The predicted molar refractivity (Wildman–Crippen MR) is 66.0 cm³/mol. The van der Waals surface area contributed by atoms with Crippen LogP contribution in [0.3, 0.4) is 0 Å². The lowest BCUT2D eigenvalue weighted by molar-refractivity contribution is 0.0583. The molecule has 0 aromatic carbocycles. The minimum Gasteiger partial charge on any atom is -0.455 e. The molecule has 1 amide bonds. The molecule has 2 rings (SSSR count). The SMILES string of the molecule is NCc1ccc(C(=O)N2CCN(CCO)CC2)o1. The Morgan fingerprint density at radius 3 is 2.61 bits per heavy atom. The molecule has 0 atom stereocenters. The Hall–Kier alpha value is -1.37. The van der Waals surface area contributed by atoms with Crippen LogP contribution in [0.15, 0.2) is 16.5 Å². The summed E-state index contributed by atoms with van der Waals surface area (Å²) in [6.45, 7) is 4.03. The normalized spacial score (nSPS) is 17.1. The van der Waals surface area contributed by atoms with Crippen LogP contribution < -0.4 is 5.73 Å². The van der Waals surface area contributed by atoms with E-state index in [0.717, 1.165) is 13.1 Å². The van der Waals surface area contributed by atoms with Crippen LogP contribution >= 0.6 is 0 Å². The van der Waals surface area contributed by atoms with Gasteiger partial charge in [-0.05, 0) is 12.1 Å². The maximum absolute atomic E-state index is 12.1. The highest BCUT2D eigenvalue weighted by Crippen LogP contribution is 2.12. The van der Waals surface area contributed by atoms with Crippen LogP contribution in [0.4, 0.5) is 0 Å². The number of nitrogens with two attached hydrogens (primary N) is 1. The van der Waals surface area contributed by atoms with E-state index >= 15 is 0 Å². The highest BCUT2D eigenvalue weighted by Gasteiger charge is 2.23. The number of carbonyl (C=O) groups is 1. The first-order chi connectivity index (χ1) is 8.74. The zero-order valence-electron chi connectivity index (χ0n) is 10.3. The first-order valence-electron chi connectivity index (χ1n) is 6.16. The van der Waals surface area contributed by atoms with Crippen molar-refractivity contribution in [2.24, 2.45) is 5.73 Å². The monoisotopic (exact) mass is 253 g/mol. The van der Waals surface area contributed by atoms with E-state index in [0.29, 0.717) is 37.7 Å². The van der Waals surface area contributed by atoms with Crippen LogP contribution in [0.25, 0.3) is 0 Å². The molecule has 1 aromatic heterocycles. The van der Waals surface area contributed by atoms with Crippen LogP contribution in [0, 0.1) is 0 Å². The molecule has 6 nitrogen and oxygen atoms in total. The Morgan fingerprint density at radius 2 is 2.06 bits per heavy atom. The average Bonchev–Trinajstić information content (AvgIpc) is 2.88. The second-order valence-electron chi connectivity index (χ2n) is 4.33. The smallest absolute Gasteiger partial charge is 0.289 e. The fourth-order valence-electron chi connectivity index (χ4n) is 2.07. The van der Waals surface area contributed by atoms with Crippen LogP contribution in [-0.4, -0.2) is 60.1 Å². The molecule has 1 aliphatic heterocycles. The van der Waals surface area contributed by atoms with Gasteiger partial charge in [-0.2, -0.15) is 0 Å². The van der Waals surface area contributed by atoms with Crippen molar-refractivity contribution in [1.82, 2.24) is 9.80 Å². The van der Waals surface area contributed by atoms with Gasteiger partial charge in [0, 0.05) is 32.7 Å². The van der Waals surface area contributed by atoms with Gasteiger partial charge in [-0.1, -0.05) is 0 Å². The Kier molecular flexibility index (Phi) is 4.35. The molecule has 0 unspecified atom stereocenters. The molecule has 1 aromatic rings. The summed E-state index contributed by atoms with van der Waals surface area (Å²) in [6.07, 6.45) is 0.